The number of H-pyrrole nitrogens is 1. The van der Waals surface area contributed by atoms with E-state index in [1.807, 2.05) is 0 Å². The summed E-state index contributed by atoms with van der Waals surface area (Å²) in [7, 11) is -3.45. The number of sulfonamides is 1. The Balaban J connectivity index is 2.87. The highest BCUT2D eigenvalue weighted by Gasteiger charge is 2.21. The Labute approximate surface area is 94.3 Å². The minimum Gasteiger partial charge on any atom is -0.281 e. The van der Waals surface area contributed by atoms with Gasteiger partial charge in [0.25, 0.3) is 0 Å². The van der Waals surface area contributed by atoms with Crippen LogP contribution in [-0.2, 0) is 10.0 Å². The first-order chi connectivity index (χ1) is 6.99. The van der Waals surface area contributed by atoms with Crippen molar-refractivity contribution in [1.82, 2.24) is 14.9 Å². The Bertz CT molecular complexity index is 408. The van der Waals surface area contributed by atoms with Crippen LogP contribution in [0.2, 0.25) is 0 Å². The van der Waals surface area contributed by atoms with Crippen molar-refractivity contribution in [2.24, 2.45) is 0 Å². The quantitative estimate of drug-likeness (QED) is 0.604. The topological polar surface area (TPSA) is 74.8 Å². The van der Waals surface area contributed by atoms with E-state index < -0.39 is 10.0 Å². The Hall–Kier alpha value is -0.590. The molecule has 7 heteroatoms. The molecule has 0 saturated heterocycles. The molecule has 0 spiro atoms. The number of aromatic nitrogens is 2. The molecule has 0 aliphatic rings. The number of halogens is 1. The zero-order valence-electron chi connectivity index (χ0n) is 8.67. The lowest BCUT2D eigenvalue weighted by Gasteiger charge is -2.05. The van der Waals surface area contributed by atoms with Crippen molar-refractivity contribution in [1.29, 1.82) is 0 Å². The van der Waals surface area contributed by atoms with E-state index in [2.05, 4.69) is 14.9 Å². The second kappa shape index (κ2) is 4.96. The third kappa shape index (κ3) is 2.93. The number of alkyl halides is 1. The molecule has 0 fully saturated rings. The van der Waals surface area contributed by atoms with E-state index in [1.165, 1.54) is 0 Å². The number of aromatic amines is 1. The molecular weight excluding hydrogens is 238 g/mol. The smallest absolute Gasteiger partial charge is 0.244 e. The highest BCUT2D eigenvalue weighted by atomic mass is 35.5. The fraction of sp³-hybridized carbons (Fsp3) is 0.625. The average Bonchev–Trinajstić information content (AvgIpc) is 2.46. The molecule has 86 valence electrons. The molecule has 15 heavy (non-hydrogen) atoms. The van der Waals surface area contributed by atoms with Crippen molar-refractivity contribution < 1.29 is 8.42 Å². The van der Waals surface area contributed by atoms with Gasteiger partial charge in [-0.3, -0.25) is 5.10 Å². The molecule has 0 amide bonds. The molecule has 1 aromatic heterocycles. The van der Waals surface area contributed by atoms with Gasteiger partial charge in [-0.2, -0.15) is 5.10 Å². The highest BCUT2D eigenvalue weighted by molar-refractivity contribution is 7.89. The fourth-order valence-corrected chi connectivity index (χ4v) is 2.86. The van der Waals surface area contributed by atoms with Crippen LogP contribution < -0.4 is 4.72 Å². The van der Waals surface area contributed by atoms with Gasteiger partial charge in [0.05, 0.1) is 11.4 Å². The van der Waals surface area contributed by atoms with E-state index in [-0.39, 0.29) is 4.90 Å². The number of nitrogens with zero attached hydrogens (tertiary/aromatic N) is 1. The summed E-state index contributed by atoms with van der Waals surface area (Å²) in [5, 5.41) is 6.48. The Morgan fingerprint density at radius 1 is 1.47 bits per heavy atom. The first-order valence-electron chi connectivity index (χ1n) is 4.56. The average molecular weight is 252 g/mol. The summed E-state index contributed by atoms with van der Waals surface area (Å²) in [6.45, 7) is 3.67. The van der Waals surface area contributed by atoms with Crippen LogP contribution in [0.15, 0.2) is 4.90 Å². The lowest BCUT2D eigenvalue weighted by molar-refractivity contribution is 0.580. The van der Waals surface area contributed by atoms with Gasteiger partial charge in [0.1, 0.15) is 4.90 Å². The largest absolute Gasteiger partial charge is 0.281 e. The predicted octanol–water partition coefficient (Wildman–Crippen LogP) is 0.934. The van der Waals surface area contributed by atoms with E-state index in [1.54, 1.807) is 13.8 Å². The molecule has 1 rings (SSSR count). The van der Waals surface area contributed by atoms with Gasteiger partial charge < -0.3 is 0 Å². The lowest BCUT2D eigenvalue weighted by atomic mass is 10.4. The Morgan fingerprint density at radius 3 is 2.60 bits per heavy atom. The summed E-state index contributed by atoms with van der Waals surface area (Å²) in [6.07, 6.45) is 0.608. The minimum absolute atomic E-state index is 0.233. The number of hydrogen-bond acceptors (Lipinski definition) is 3. The molecule has 2 N–H and O–H groups in total. The summed E-state index contributed by atoms with van der Waals surface area (Å²) >= 11 is 5.46. The molecule has 0 aliphatic carbocycles. The number of aryl methyl sites for hydroxylation is 2. The van der Waals surface area contributed by atoms with Crippen LogP contribution >= 0.6 is 11.6 Å². The summed E-state index contributed by atoms with van der Waals surface area (Å²) in [4.78, 5) is 0.233. The predicted molar refractivity (Wildman–Crippen MR) is 58.6 cm³/mol. The van der Waals surface area contributed by atoms with Crippen molar-refractivity contribution in [2.45, 2.75) is 25.2 Å². The van der Waals surface area contributed by atoms with Gasteiger partial charge in [0.15, 0.2) is 0 Å². The maximum Gasteiger partial charge on any atom is 0.244 e. The van der Waals surface area contributed by atoms with E-state index in [9.17, 15) is 8.42 Å². The van der Waals surface area contributed by atoms with E-state index in [0.29, 0.717) is 30.2 Å². The van der Waals surface area contributed by atoms with Gasteiger partial charge in [0, 0.05) is 12.4 Å². The van der Waals surface area contributed by atoms with Crippen molar-refractivity contribution in [3.63, 3.8) is 0 Å². The summed E-state index contributed by atoms with van der Waals surface area (Å²) in [6, 6.07) is 0. The third-order valence-corrected chi connectivity index (χ3v) is 3.92. The number of rotatable bonds is 5. The lowest BCUT2D eigenvalue weighted by Crippen LogP contribution is -2.25. The third-order valence-electron chi connectivity index (χ3n) is 1.93. The van der Waals surface area contributed by atoms with E-state index in [0.717, 1.165) is 0 Å². The molecule has 0 radical (unpaired) electrons. The van der Waals surface area contributed by atoms with Crippen LogP contribution in [0, 0.1) is 13.8 Å². The van der Waals surface area contributed by atoms with Crippen molar-refractivity contribution in [3.8, 4) is 0 Å². The van der Waals surface area contributed by atoms with Crippen molar-refractivity contribution >= 4 is 21.6 Å². The molecule has 0 aromatic carbocycles. The normalized spacial score (nSPS) is 11.9. The van der Waals surface area contributed by atoms with Crippen LogP contribution in [0.5, 0.6) is 0 Å². The second-order valence-corrected chi connectivity index (χ2v) is 5.29. The van der Waals surface area contributed by atoms with Crippen molar-refractivity contribution in [2.75, 3.05) is 12.4 Å². The maximum atomic E-state index is 11.8. The second-order valence-electron chi connectivity index (χ2n) is 3.20. The molecule has 0 saturated carbocycles. The Morgan fingerprint density at radius 2 is 2.13 bits per heavy atom. The van der Waals surface area contributed by atoms with Gasteiger partial charge in [0.2, 0.25) is 10.0 Å². The molecule has 0 bridgehead atoms. The van der Waals surface area contributed by atoms with E-state index in [4.69, 9.17) is 11.6 Å². The molecule has 5 nitrogen and oxygen atoms in total. The first kappa shape index (κ1) is 12.5. The molecule has 0 atom stereocenters. The summed E-state index contributed by atoms with van der Waals surface area (Å²) in [5.41, 5.74) is 1.02. The van der Waals surface area contributed by atoms with Gasteiger partial charge in [-0.25, -0.2) is 13.1 Å². The van der Waals surface area contributed by atoms with Gasteiger partial charge >= 0.3 is 0 Å². The SMILES string of the molecule is Cc1n[nH]c(C)c1S(=O)(=O)NCCCCl. The highest BCUT2D eigenvalue weighted by Crippen LogP contribution is 2.15. The Kier molecular flexibility index (Phi) is 4.12. The number of nitrogens with one attached hydrogen (secondary N) is 2. The van der Waals surface area contributed by atoms with Gasteiger partial charge in [-0.15, -0.1) is 11.6 Å². The standard InChI is InChI=1S/C8H14ClN3O2S/c1-6-8(7(2)12-11-6)15(13,14)10-5-3-4-9/h10H,3-5H2,1-2H3,(H,11,12). The van der Waals surface area contributed by atoms with Crippen LogP contribution in [0.25, 0.3) is 0 Å². The maximum absolute atomic E-state index is 11.8. The van der Waals surface area contributed by atoms with Crippen LogP contribution in [-0.4, -0.2) is 31.0 Å². The molecular formula is C8H14ClN3O2S. The molecule has 0 unspecified atom stereocenters. The summed E-state index contributed by atoms with van der Waals surface area (Å²) < 4.78 is 26.1. The minimum atomic E-state index is -3.45. The monoisotopic (exact) mass is 251 g/mol. The first-order valence-corrected chi connectivity index (χ1v) is 6.58. The van der Waals surface area contributed by atoms with Crippen LogP contribution in [0.4, 0.5) is 0 Å². The molecule has 0 aliphatic heterocycles. The zero-order valence-corrected chi connectivity index (χ0v) is 10.2. The molecule has 1 heterocycles. The van der Waals surface area contributed by atoms with Gasteiger partial charge in [-0.05, 0) is 20.3 Å². The van der Waals surface area contributed by atoms with Crippen LogP contribution in [0.1, 0.15) is 17.8 Å². The number of hydrogen-bond donors (Lipinski definition) is 2. The summed E-state index contributed by atoms with van der Waals surface area (Å²) in [5.74, 6) is 0.436. The van der Waals surface area contributed by atoms with Crippen molar-refractivity contribution in [3.05, 3.63) is 11.4 Å². The molecule has 1 aromatic rings. The fourth-order valence-electron chi connectivity index (χ4n) is 1.28. The van der Waals surface area contributed by atoms with Crippen LogP contribution in [0.3, 0.4) is 0 Å². The van der Waals surface area contributed by atoms with E-state index >= 15 is 0 Å². The van der Waals surface area contributed by atoms with Gasteiger partial charge in [-0.1, -0.05) is 0 Å². The zero-order chi connectivity index (χ0) is 11.5.